The normalized spacial score (nSPS) is 11.8. The molecule has 39 heavy (non-hydrogen) atoms. The molecule has 0 aliphatic carbocycles. The number of hydrogen-bond acceptors (Lipinski definition) is 3. The van der Waals surface area contributed by atoms with Gasteiger partial charge in [0.15, 0.2) is 0 Å². The van der Waals surface area contributed by atoms with Gasteiger partial charge in [0.05, 0.1) is 11.1 Å². The van der Waals surface area contributed by atoms with E-state index in [1.165, 1.54) is 0 Å². The number of allylic oxidation sites excluding steroid dienone is 7. The number of anilines is 2. The van der Waals surface area contributed by atoms with E-state index in [1.807, 2.05) is 79.7 Å². The largest absolute Gasteiger partial charge is 0.456 e. The van der Waals surface area contributed by atoms with E-state index in [1.54, 1.807) is 25.2 Å². The van der Waals surface area contributed by atoms with Crippen LogP contribution < -0.4 is 10.2 Å². The fraction of sp³-hybridized carbons (Fsp3) is 0.0571. The van der Waals surface area contributed by atoms with Gasteiger partial charge in [-0.2, -0.15) is 0 Å². The van der Waals surface area contributed by atoms with Crippen LogP contribution in [0.1, 0.15) is 19.4 Å². The van der Waals surface area contributed by atoms with Crippen molar-refractivity contribution in [2.45, 2.75) is 13.8 Å². The molecule has 194 valence electrons. The van der Waals surface area contributed by atoms with Crippen molar-refractivity contribution in [3.8, 4) is 0 Å². The van der Waals surface area contributed by atoms with E-state index in [0.717, 1.165) is 50.1 Å². The first kappa shape index (κ1) is 27.0. The van der Waals surface area contributed by atoms with Crippen LogP contribution in [0.5, 0.6) is 0 Å². The number of furan rings is 1. The molecule has 0 saturated carbocycles. The van der Waals surface area contributed by atoms with Crippen molar-refractivity contribution in [1.29, 1.82) is 0 Å². The van der Waals surface area contributed by atoms with E-state index in [-0.39, 0.29) is 5.91 Å². The minimum atomic E-state index is -0.194. The molecule has 0 atom stereocenters. The zero-order chi connectivity index (χ0) is 27.9. The fourth-order valence-corrected chi connectivity index (χ4v) is 4.22. The van der Waals surface area contributed by atoms with Crippen molar-refractivity contribution >= 4 is 44.8 Å². The summed E-state index contributed by atoms with van der Waals surface area (Å²) in [5, 5.41) is 4.84. The molecule has 0 aliphatic rings. The molecule has 0 saturated heterocycles. The first-order valence-corrected chi connectivity index (χ1v) is 12.6. The number of amides is 1. The van der Waals surface area contributed by atoms with Crippen LogP contribution >= 0.6 is 0 Å². The van der Waals surface area contributed by atoms with Gasteiger partial charge in [-0.25, -0.2) is 0 Å². The van der Waals surface area contributed by atoms with Crippen molar-refractivity contribution in [2.75, 3.05) is 4.90 Å². The summed E-state index contributed by atoms with van der Waals surface area (Å²) in [7, 11) is 0. The number of carbonyl (C=O) groups excluding carboxylic acids is 1. The second-order valence-electron chi connectivity index (χ2n) is 9.04. The Morgan fingerprint density at radius 3 is 2.36 bits per heavy atom. The van der Waals surface area contributed by atoms with Crippen LogP contribution in [0.25, 0.3) is 27.5 Å². The van der Waals surface area contributed by atoms with Gasteiger partial charge in [-0.15, -0.1) is 0 Å². The molecule has 1 amide bonds. The molecule has 4 nitrogen and oxygen atoms in total. The third-order valence-corrected chi connectivity index (χ3v) is 6.30. The lowest BCUT2D eigenvalue weighted by Gasteiger charge is -2.26. The molecule has 1 heterocycles. The minimum Gasteiger partial charge on any atom is -0.456 e. The monoisotopic (exact) mass is 512 g/mol. The third kappa shape index (κ3) is 5.91. The predicted octanol–water partition coefficient (Wildman–Crippen LogP) is 9.15. The zero-order valence-corrected chi connectivity index (χ0v) is 22.4. The summed E-state index contributed by atoms with van der Waals surface area (Å²) < 4.78 is 6.10. The standard InChI is InChI=1S/C35H32N2O2/c1-7-9-13-25(4)35(38)36-26(5)19-18-24(3)28-20-22-29(23-21-28)37(27(6)8-2)31-15-12-17-33-34(31)30-14-10-11-16-32(30)39-33/h7-23H,2-3,5-6H2,1,4H3,(H,36,38)/b9-7-,19-18-,25-13+. The van der Waals surface area contributed by atoms with Gasteiger partial charge in [-0.3, -0.25) is 4.79 Å². The summed E-state index contributed by atoms with van der Waals surface area (Å²) in [5.41, 5.74) is 7.09. The Kier molecular flexibility index (Phi) is 8.27. The van der Waals surface area contributed by atoms with Gasteiger partial charge >= 0.3 is 0 Å². The topological polar surface area (TPSA) is 45.5 Å². The van der Waals surface area contributed by atoms with Crippen LogP contribution in [0.2, 0.25) is 0 Å². The van der Waals surface area contributed by atoms with Crippen LogP contribution in [0, 0.1) is 0 Å². The van der Waals surface area contributed by atoms with Crippen molar-refractivity contribution in [3.05, 3.63) is 152 Å². The number of hydrogen-bond donors (Lipinski definition) is 1. The van der Waals surface area contributed by atoms with E-state index in [4.69, 9.17) is 4.42 Å². The maximum absolute atomic E-state index is 12.3. The average molecular weight is 513 g/mol. The molecule has 4 heteroatoms. The summed E-state index contributed by atoms with van der Waals surface area (Å²) in [5.74, 6) is -0.194. The van der Waals surface area contributed by atoms with Crippen LogP contribution in [0.15, 0.2) is 151 Å². The SMILES string of the molecule is C=CC(=C)N(c1ccc(C(=C)/C=C\C(=C)NC(=O)/C(C)=C/C=C\C)cc1)c1cccc2oc3ccccc3c12. The minimum absolute atomic E-state index is 0.194. The Bertz CT molecular complexity index is 1680. The Balaban J connectivity index is 1.58. The number of fused-ring (bicyclic) bond motifs is 3. The van der Waals surface area contributed by atoms with E-state index >= 15 is 0 Å². The first-order valence-electron chi connectivity index (χ1n) is 12.6. The molecule has 4 rings (SSSR count). The number of nitrogens with zero attached hydrogens (tertiary/aromatic N) is 1. The molecule has 1 N–H and O–H groups in total. The van der Waals surface area contributed by atoms with Crippen molar-refractivity contribution in [3.63, 3.8) is 0 Å². The summed E-state index contributed by atoms with van der Waals surface area (Å²) in [4.78, 5) is 14.3. The summed E-state index contributed by atoms with van der Waals surface area (Å²) in [6, 6.07) is 22.1. The van der Waals surface area contributed by atoms with Crippen LogP contribution in [0.3, 0.4) is 0 Å². The molecule has 0 fully saturated rings. The van der Waals surface area contributed by atoms with Crippen molar-refractivity contribution < 1.29 is 9.21 Å². The quantitative estimate of drug-likeness (QED) is 0.170. The van der Waals surface area contributed by atoms with E-state index < -0.39 is 0 Å². The zero-order valence-electron chi connectivity index (χ0n) is 22.4. The highest BCUT2D eigenvalue weighted by atomic mass is 16.3. The third-order valence-electron chi connectivity index (χ3n) is 6.30. The van der Waals surface area contributed by atoms with Crippen LogP contribution in [0.4, 0.5) is 11.4 Å². The Hall–Kier alpha value is -5.09. The lowest BCUT2D eigenvalue weighted by Crippen LogP contribution is -2.21. The molecule has 1 aromatic heterocycles. The van der Waals surface area contributed by atoms with E-state index in [0.29, 0.717) is 11.3 Å². The summed E-state index contributed by atoms with van der Waals surface area (Å²) in [6.07, 6.45) is 10.8. The van der Waals surface area contributed by atoms with Crippen LogP contribution in [-0.4, -0.2) is 5.91 Å². The predicted molar refractivity (Wildman–Crippen MR) is 166 cm³/mol. The van der Waals surface area contributed by atoms with Gasteiger partial charge in [0.2, 0.25) is 0 Å². The second-order valence-corrected chi connectivity index (χ2v) is 9.04. The number of para-hydroxylation sites is 1. The van der Waals surface area contributed by atoms with Crippen molar-refractivity contribution in [1.82, 2.24) is 5.32 Å². The number of rotatable bonds is 10. The Labute approximate surface area is 229 Å². The molecule has 0 spiro atoms. The highest BCUT2D eigenvalue weighted by molar-refractivity contribution is 6.12. The van der Waals surface area contributed by atoms with Gasteiger partial charge < -0.3 is 14.6 Å². The van der Waals surface area contributed by atoms with Gasteiger partial charge in [0, 0.05) is 28.0 Å². The molecule has 0 radical (unpaired) electrons. The molecule has 0 aliphatic heterocycles. The highest BCUT2D eigenvalue weighted by Gasteiger charge is 2.18. The van der Waals surface area contributed by atoms with Gasteiger partial charge in [-0.1, -0.05) is 87.0 Å². The average Bonchev–Trinajstić information content (AvgIpc) is 3.34. The highest BCUT2D eigenvalue weighted by Crippen LogP contribution is 2.40. The lowest BCUT2D eigenvalue weighted by atomic mass is 10.0. The molecular weight excluding hydrogens is 480 g/mol. The van der Waals surface area contributed by atoms with E-state index in [2.05, 4.69) is 48.7 Å². The fourth-order valence-electron chi connectivity index (χ4n) is 4.22. The first-order chi connectivity index (χ1) is 18.8. The van der Waals surface area contributed by atoms with Gasteiger partial charge in [0.25, 0.3) is 5.91 Å². The molecule has 0 unspecified atom stereocenters. The lowest BCUT2D eigenvalue weighted by molar-refractivity contribution is -0.116. The molecule has 3 aromatic carbocycles. The van der Waals surface area contributed by atoms with Gasteiger partial charge in [0.1, 0.15) is 11.2 Å². The Morgan fingerprint density at radius 2 is 1.64 bits per heavy atom. The van der Waals surface area contributed by atoms with Crippen molar-refractivity contribution in [2.24, 2.45) is 0 Å². The molecule has 0 bridgehead atoms. The van der Waals surface area contributed by atoms with E-state index in [9.17, 15) is 4.79 Å². The van der Waals surface area contributed by atoms with Crippen LogP contribution in [-0.2, 0) is 4.79 Å². The molecular formula is C35H32N2O2. The summed E-state index contributed by atoms with van der Waals surface area (Å²) in [6.45, 7) is 20.0. The smallest absolute Gasteiger partial charge is 0.251 e. The summed E-state index contributed by atoms with van der Waals surface area (Å²) >= 11 is 0. The maximum Gasteiger partial charge on any atom is 0.251 e. The maximum atomic E-state index is 12.3. The number of nitrogens with one attached hydrogen (secondary N) is 1. The number of benzene rings is 3. The molecule has 4 aromatic rings. The Morgan fingerprint density at radius 1 is 0.923 bits per heavy atom. The van der Waals surface area contributed by atoms with Gasteiger partial charge in [-0.05, 0) is 67.5 Å². The second kappa shape index (κ2) is 12.0. The number of carbonyl (C=O) groups is 1.